The lowest BCUT2D eigenvalue weighted by Gasteiger charge is -2.33. The van der Waals surface area contributed by atoms with Crippen molar-refractivity contribution < 1.29 is 9.59 Å². The van der Waals surface area contributed by atoms with Gasteiger partial charge in [0.2, 0.25) is 11.8 Å². The van der Waals surface area contributed by atoms with Gasteiger partial charge in [0, 0.05) is 25.2 Å². The third kappa shape index (κ3) is 7.07. The molecule has 0 aromatic heterocycles. The van der Waals surface area contributed by atoms with Crippen LogP contribution in [0, 0.1) is 0 Å². The van der Waals surface area contributed by atoms with E-state index in [1.54, 1.807) is 13.0 Å². The monoisotopic (exact) mass is 419 g/mol. The second kappa shape index (κ2) is 11.5. The van der Waals surface area contributed by atoms with E-state index in [1.165, 1.54) is 30.9 Å². The van der Waals surface area contributed by atoms with E-state index in [9.17, 15) is 9.59 Å². The number of benzene rings is 2. The van der Waals surface area contributed by atoms with Gasteiger partial charge < -0.3 is 10.6 Å². The van der Waals surface area contributed by atoms with Gasteiger partial charge in [-0.1, -0.05) is 61.0 Å². The molecule has 2 atom stereocenters. The number of hydrogen-bond acceptors (Lipinski definition) is 3. The van der Waals surface area contributed by atoms with E-state index < -0.39 is 6.04 Å². The molecule has 5 heteroatoms. The first-order valence-corrected chi connectivity index (χ1v) is 11.1. The fourth-order valence-electron chi connectivity index (χ4n) is 3.89. The number of likely N-dealkylation sites (tertiary alicyclic amines) is 1. The molecule has 5 nitrogen and oxygen atoms in total. The summed E-state index contributed by atoms with van der Waals surface area (Å²) >= 11 is 0. The van der Waals surface area contributed by atoms with E-state index in [0.29, 0.717) is 12.6 Å². The van der Waals surface area contributed by atoms with Crippen molar-refractivity contribution >= 4 is 17.9 Å². The van der Waals surface area contributed by atoms with Gasteiger partial charge in [0.15, 0.2) is 0 Å². The number of amides is 2. The van der Waals surface area contributed by atoms with Crippen LogP contribution in [0.1, 0.15) is 49.8 Å². The normalized spacial score (nSPS) is 17.9. The molecular formula is C26H33N3O2. The van der Waals surface area contributed by atoms with E-state index in [4.69, 9.17) is 0 Å². The average Bonchev–Trinajstić information content (AvgIpc) is 2.79. The zero-order valence-electron chi connectivity index (χ0n) is 18.5. The number of rotatable bonds is 8. The van der Waals surface area contributed by atoms with Gasteiger partial charge >= 0.3 is 0 Å². The maximum atomic E-state index is 12.5. The summed E-state index contributed by atoms with van der Waals surface area (Å²) in [5.41, 5.74) is 3.31. The van der Waals surface area contributed by atoms with Crippen molar-refractivity contribution in [1.82, 2.24) is 15.5 Å². The fourth-order valence-corrected chi connectivity index (χ4v) is 3.89. The summed E-state index contributed by atoms with van der Waals surface area (Å²) in [4.78, 5) is 27.2. The summed E-state index contributed by atoms with van der Waals surface area (Å²) in [6, 6.07) is 17.8. The molecule has 2 amide bonds. The van der Waals surface area contributed by atoms with Crippen molar-refractivity contribution in [3.63, 3.8) is 0 Å². The molecule has 3 rings (SSSR count). The van der Waals surface area contributed by atoms with Gasteiger partial charge in [-0.2, -0.15) is 0 Å². The molecule has 0 saturated carbocycles. The molecule has 164 valence electrons. The number of nitrogens with zero attached hydrogens (tertiary/aromatic N) is 1. The first kappa shape index (κ1) is 22.8. The highest BCUT2D eigenvalue weighted by Gasteiger charge is 2.19. The van der Waals surface area contributed by atoms with E-state index in [1.807, 2.05) is 36.4 Å². The lowest BCUT2D eigenvalue weighted by Crippen LogP contribution is -2.44. The Hall–Kier alpha value is -2.92. The molecule has 2 N–H and O–H groups in total. The maximum Gasteiger partial charge on any atom is 0.244 e. The number of hydrogen-bond donors (Lipinski definition) is 2. The largest absolute Gasteiger partial charge is 0.350 e. The van der Waals surface area contributed by atoms with E-state index in [-0.39, 0.29) is 11.8 Å². The Balaban J connectivity index is 1.50. The minimum Gasteiger partial charge on any atom is -0.350 e. The van der Waals surface area contributed by atoms with Crippen LogP contribution in [0.2, 0.25) is 0 Å². The third-order valence-electron chi connectivity index (χ3n) is 5.86. The van der Waals surface area contributed by atoms with Crippen LogP contribution in [0.25, 0.3) is 6.08 Å². The van der Waals surface area contributed by atoms with E-state index in [0.717, 1.165) is 24.2 Å². The molecule has 0 aliphatic carbocycles. The topological polar surface area (TPSA) is 61.4 Å². The number of nitrogens with one attached hydrogen (secondary N) is 2. The summed E-state index contributed by atoms with van der Waals surface area (Å²) < 4.78 is 0. The summed E-state index contributed by atoms with van der Waals surface area (Å²) in [6.07, 6.45) is 6.99. The Morgan fingerprint density at radius 3 is 2.52 bits per heavy atom. The summed E-state index contributed by atoms with van der Waals surface area (Å²) in [5.74, 6) is -0.478. The van der Waals surface area contributed by atoms with Gasteiger partial charge in [-0.15, -0.1) is 0 Å². The van der Waals surface area contributed by atoms with Crippen molar-refractivity contribution in [2.75, 3.05) is 6.54 Å². The van der Waals surface area contributed by atoms with Crippen LogP contribution >= 0.6 is 0 Å². The Bertz CT molecular complexity index is 895. The summed E-state index contributed by atoms with van der Waals surface area (Å²) in [5, 5.41) is 5.70. The summed E-state index contributed by atoms with van der Waals surface area (Å²) in [6.45, 7) is 6.48. The van der Waals surface area contributed by atoms with Gasteiger partial charge in [0.1, 0.15) is 6.04 Å². The minimum atomic E-state index is -0.609. The zero-order valence-corrected chi connectivity index (χ0v) is 18.5. The van der Waals surface area contributed by atoms with Crippen LogP contribution in [0.3, 0.4) is 0 Å². The fraction of sp³-hybridized carbons (Fsp3) is 0.385. The van der Waals surface area contributed by atoms with Crippen LogP contribution < -0.4 is 10.6 Å². The quantitative estimate of drug-likeness (QED) is 0.638. The molecule has 1 saturated heterocycles. The van der Waals surface area contributed by atoms with Crippen molar-refractivity contribution in [2.24, 2.45) is 0 Å². The molecule has 0 bridgehead atoms. The highest BCUT2D eigenvalue weighted by molar-refractivity contribution is 5.95. The Morgan fingerprint density at radius 1 is 1.06 bits per heavy atom. The summed E-state index contributed by atoms with van der Waals surface area (Å²) in [7, 11) is 0. The van der Waals surface area contributed by atoms with Crippen molar-refractivity contribution in [3.8, 4) is 0 Å². The molecule has 0 radical (unpaired) electrons. The standard InChI is InChI=1S/C26H33N3O2/c1-20-10-8-9-17-29(20)19-24-14-7-6-13-23(24)18-27-26(31)21(2)28-25(30)16-15-22-11-4-3-5-12-22/h3-7,11-16,20-21H,8-10,17-19H2,1-2H3,(H,27,31)(H,28,30)/b16-15+. The lowest BCUT2D eigenvalue weighted by atomic mass is 10.0. The number of carbonyl (C=O) groups excluding carboxylic acids is 2. The molecule has 2 unspecified atom stereocenters. The van der Waals surface area contributed by atoms with Crippen molar-refractivity contribution in [2.45, 2.75) is 58.3 Å². The smallest absolute Gasteiger partial charge is 0.244 e. The predicted octanol–water partition coefficient (Wildman–Crippen LogP) is 3.90. The number of carbonyl (C=O) groups is 2. The molecular weight excluding hydrogens is 386 g/mol. The first-order chi connectivity index (χ1) is 15.0. The van der Waals surface area contributed by atoms with Gasteiger partial charge in [-0.05, 0) is 56.0 Å². The van der Waals surface area contributed by atoms with Gasteiger partial charge in [-0.25, -0.2) is 0 Å². The van der Waals surface area contributed by atoms with Crippen LogP contribution in [0.4, 0.5) is 0 Å². The molecule has 2 aromatic rings. The molecule has 1 fully saturated rings. The van der Waals surface area contributed by atoms with E-state index in [2.05, 4.69) is 40.7 Å². The Morgan fingerprint density at radius 2 is 1.77 bits per heavy atom. The van der Waals surface area contributed by atoms with Crippen molar-refractivity contribution in [1.29, 1.82) is 0 Å². The lowest BCUT2D eigenvalue weighted by molar-refractivity contribution is -0.126. The molecule has 0 spiro atoms. The predicted molar refractivity (Wildman–Crippen MR) is 125 cm³/mol. The number of piperidine rings is 1. The van der Waals surface area contributed by atoms with Crippen LogP contribution in [0.15, 0.2) is 60.7 Å². The molecule has 1 heterocycles. The minimum absolute atomic E-state index is 0.192. The van der Waals surface area contributed by atoms with Gasteiger partial charge in [0.05, 0.1) is 0 Å². The molecule has 31 heavy (non-hydrogen) atoms. The molecule has 1 aliphatic heterocycles. The molecule has 2 aromatic carbocycles. The second-order valence-corrected chi connectivity index (χ2v) is 8.28. The Labute approximate surface area is 185 Å². The SMILES string of the molecule is CC(NC(=O)/C=C/c1ccccc1)C(=O)NCc1ccccc1CN1CCCCC1C. The molecule has 1 aliphatic rings. The average molecular weight is 420 g/mol. The third-order valence-corrected chi connectivity index (χ3v) is 5.86. The van der Waals surface area contributed by atoms with Crippen LogP contribution in [-0.4, -0.2) is 35.3 Å². The highest BCUT2D eigenvalue weighted by atomic mass is 16.2. The van der Waals surface area contributed by atoms with Gasteiger partial charge in [0.25, 0.3) is 0 Å². The zero-order chi connectivity index (χ0) is 22.1. The maximum absolute atomic E-state index is 12.5. The van der Waals surface area contributed by atoms with Crippen molar-refractivity contribution in [3.05, 3.63) is 77.4 Å². The van der Waals surface area contributed by atoms with Gasteiger partial charge in [-0.3, -0.25) is 14.5 Å². The van der Waals surface area contributed by atoms with Crippen LogP contribution in [0.5, 0.6) is 0 Å². The second-order valence-electron chi connectivity index (χ2n) is 8.28. The highest BCUT2D eigenvalue weighted by Crippen LogP contribution is 2.20. The first-order valence-electron chi connectivity index (χ1n) is 11.1. The van der Waals surface area contributed by atoms with E-state index >= 15 is 0 Å². The Kier molecular flexibility index (Phi) is 8.42. The van der Waals surface area contributed by atoms with Crippen LogP contribution in [-0.2, 0) is 22.7 Å².